The Labute approximate surface area is 235 Å². The number of rotatable bonds is 7. The Bertz CT molecular complexity index is 1640. The Morgan fingerprint density at radius 1 is 1.10 bits per heavy atom. The monoisotopic (exact) mass is 562 g/mol. The van der Waals surface area contributed by atoms with Gasteiger partial charge in [0.05, 0.1) is 27.9 Å². The number of halogens is 1. The van der Waals surface area contributed by atoms with E-state index in [0.717, 1.165) is 48.9 Å². The zero-order valence-electron chi connectivity index (χ0n) is 23.3. The van der Waals surface area contributed by atoms with E-state index in [4.69, 9.17) is 0 Å². The summed E-state index contributed by atoms with van der Waals surface area (Å²) < 4.78 is 39.8. The molecule has 0 atom stereocenters. The molecule has 1 amide bonds. The lowest BCUT2D eigenvalue weighted by molar-refractivity contribution is 0.0754. The molecule has 9 heteroatoms. The number of sulfone groups is 1. The molecule has 5 rings (SSSR count). The number of hydrogen-bond donors (Lipinski definition) is 0. The first-order chi connectivity index (χ1) is 19.0. The second kappa shape index (κ2) is 11.1. The maximum atomic E-state index is 14.3. The number of benzene rings is 2. The topological polar surface area (TPSA) is 75.5 Å². The van der Waals surface area contributed by atoms with Gasteiger partial charge in [0.15, 0.2) is 9.84 Å². The molecule has 1 aliphatic heterocycles. The van der Waals surface area contributed by atoms with Crippen LogP contribution in [0.1, 0.15) is 54.1 Å². The molecule has 1 fully saturated rings. The number of aromatic nitrogens is 2. The zero-order valence-corrected chi connectivity index (χ0v) is 24.2. The molecule has 0 unspecified atom stereocenters. The number of carbonyl (C=O) groups is 1. The lowest BCUT2D eigenvalue weighted by Gasteiger charge is -2.32. The van der Waals surface area contributed by atoms with Crippen molar-refractivity contribution in [3.05, 3.63) is 89.6 Å². The average Bonchev–Trinajstić information content (AvgIpc) is 3.32. The van der Waals surface area contributed by atoms with Gasteiger partial charge in [-0.3, -0.25) is 14.7 Å². The largest absolute Gasteiger partial charge is 0.339 e. The van der Waals surface area contributed by atoms with Gasteiger partial charge in [-0.05, 0) is 93.2 Å². The van der Waals surface area contributed by atoms with E-state index in [9.17, 15) is 17.6 Å². The van der Waals surface area contributed by atoms with Gasteiger partial charge in [0.2, 0.25) is 0 Å². The van der Waals surface area contributed by atoms with E-state index in [2.05, 4.69) is 16.1 Å². The molecule has 210 valence electrons. The summed E-state index contributed by atoms with van der Waals surface area (Å²) in [7, 11) is -1.47. The maximum absolute atomic E-state index is 14.3. The van der Waals surface area contributed by atoms with E-state index >= 15 is 0 Å². The lowest BCUT2D eigenvalue weighted by atomic mass is 9.89. The smallest absolute Gasteiger partial charge is 0.256 e. The van der Waals surface area contributed by atoms with Crippen molar-refractivity contribution in [1.29, 1.82) is 0 Å². The summed E-state index contributed by atoms with van der Waals surface area (Å²) in [6.45, 7) is 6.46. The number of hydrogen-bond acceptors (Lipinski definition) is 5. The van der Waals surface area contributed by atoms with Gasteiger partial charge in [-0.15, -0.1) is 0 Å². The molecular weight excluding hydrogens is 527 g/mol. The van der Waals surface area contributed by atoms with Crippen LogP contribution in [-0.4, -0.2) is 66.1 Å². The van der Waals surface area contributed by atoms with Crippen LogP contribution in [0.25, 0.3) is 16.6 Å². The SMILES string of the molecule is CC(C)N(C)C(=O)c1cc(F)ccc1-n1cc(C2CCN(Cc3ccc(S(C)(=O)=O)cc3)CC2)c2ccncc21. The number of piperidine rings is 1. The molecule has 0 radical (unpaired) electrons. The summed E-state index contributed by atoms with van der Waals surface area (Å²) in [4.78, 5) is 22.0. The second-order valence-electron chi connectivity index (χ2n) is 11.0. The van der Waals surface area contributed by atoms with Gasteiger partial charge in [0.1, 0.15) is 5.82 Å². The molecule has 3 heterocycles. The number of pyridine rings is 1. The highest BCUT2D eigenvalue weighted by Crippen LogP contribution is 2.36. The van der Waals surface area contributed by atoms with E-state index in [1.807, 2.05) is 36.6 Å². The van der Waals surface area contributed by atoms with E-state index in [0.29, 0.717) is 22.1 Å². The predicted octanol–water partition coefficient (Wildman–Crippen LogP) is 5.43. The Morgan fingerprint density at radius 3 is 2.45 bits per heavy atom. The van der Waals surface area contributed by atoms with Gasteiger partial charge in [-0.2, -0.15) is 0 Å². The van der Waals surface area contributed by atoms with Gasteiger partial charge in [-0.1, -0.05) is 12.1 Å². The van der Waals surface area contributed by atoms with E-state index in [1.54, 1.807) is 42.5 Å². The first-order valence-corrected chi connectivity index (χ1v) is 15.5. The number of amides is 1. The molecule has 0 saturated carbocycles. The summed E-state index contributed by atoms with van der Waals surface area (Å²) in [5, 5.41) is 1.09. The van der Waals surface area contributed by atoms with Crippen LogP contribution in [-0.2, 0) is 16.4 Å². The van der Waals surface area contributed by atoms with Crippen molar-refractivity contribution >= 4 is 26.6 Å². The fourth-order valence-corrected chi connectivity index (χ4v) is 6.07. The molecule has 0 N–H and O–H groups in total. The van der Waals surface area contributed by atoms with Crippen LogP contribution in [0, 0.1) is 5.82 Å². The number of carbonyl (C=O) groups excluding carboxylic acids is 1. The Morgan fingerprint density at radius 2 is 1.80 bits per heavy atom. The third-order valence-electron chi connectivity index (χ3n) is 7.97. The van der Waals surface area contributed by atoms with Crippen molar-refractivity contribution in [1.82, 2.24) is 19.4 Å². The highest BCUT2D eigenvalue weighted by Gasteiger charge is 2.26. The van der Waals surface area contributed by atoms with Crippen molar-refractivity contribution in [3.8, 4) is 5.69 Å². The summed E-state index contributed by atoms with van der Waals surface area (Å²) in [5.74, 6) is -0.347. The van der Waals surface area contributed by atoms with Gasteiger partial charge in [0.25, 0.3) is 5.91 Å². The predicted molar refractivity (Wildman–Crippen MR) is 155 cm³/mol. The Balaban J connectivity index is 1.40. The van der Waals surface area contributed by atoms with Crippen molar-refractivity contribution < 1.29 is 17.6 Å². The maximum Gasteiger partial charge on any atom is 0.256 e. The molecule has 2 aromatic heterocycles. The summed E-state index contributed by atoms with van der Waals surface area (Å²) in [6.07, 6.45) is 8.84. The lowest BCUT2D eigenvalue weighted by Crippen LogP contribution is -2.33. The highest BCUT2D eigenvalue weighted by atomic mass is 32.2. The average molecular weight is 563 g/mol. The molecule has 40 heavy (non-hydrogen) atoms. The fourth-order valence-electron chi connectivity index (χ4n) is 5.44. The number of likely N-dealkylation sites (tertiary alicyclic amines) is 1. The van der Waals surface area contributed by atoms with Crippen molar-refractivity contribution in [2.45, 2.75) is 50.1 Å². The Hall–Kier alpha value is -3.56. The molecule has 1 saturated heterocycles. The molecule has 2 aromatic carbocycles. The van der Waals surface area contributed by atoms with Gasteiger partial charge in [0, 0.05) is 43.7 Å². The van der Waals surface area contributed by atoms with Gasteiger partial charge in [-0.25, -0.2) is 12.8 Å². The van der Waals surface area contributed by atoms with Crippen LogP contribution in [0.15, 0.2) is 72.0 Å². The minimum Gasteiger partial charge on any atom is -0.339 e. The molecule has 1 aliphatic rings. The fraction of sp³-hybridized carbons (Fsp3) is 0.355. The standard InChI is InChI=1S/C31H35FN4O3S/c1-21(2)34(3)31(37)27-17-24(32)7-10-29(27)36-20-28(26-11-14-33-18-30(26)36)23-12-15-35(16-13-23)19-22-5-8-25(9-6-22)40(4,38)39/h5-11,14,17-18,20-21,23H,12-13,15-16,19H2,1-4H3. The van der Waals surface area contributed by atoms with Crippen LogP contribution in [0.2, 0.25) is 0 Å². The van der Waals surface area contributed by atoms with E-state index in [-0.39, 0.29) is 11.9 Å². The molecule has 0 spiro atoms. The highest BCUT2D eigenvalue weighted by molar-refractivity contribution is 7.90. The first kappa shape index (κ1) is 28.0. The summed E-state index contributed by atoms with van der Waals surface area (Å²) in [6, 6.07) is 13.5. The second-order valence-corrected chi connectivity index (χ2v) is 13.0. The minimum atomic E-state index is -3.20. The summed E-state index contributed by atoms with van der Waals surface area (Å²) in [5.41, 5.74) is 4.14. The quantitative estimate of drug-likeness (QED) is 0.300. The molecular formula is C31H35FN4O3S. The van der Waals surface area contributed by atoms with Gasteiger partial charge < -0.3 is 9.47 Å². The molecule has 0 aliphatic carbocycles. The summed E-state index contributed by atoms with van der Waals surface area (Å²) >= 11 is 0. The normalized spacial score (nSPS) is 15.2. The van der Waals surface area contributed by atoms with E-state index < -0.39 is 15.7 Å². The Kier molecular flexibility index (Phi) is 7.79. The van der Waals surface area contributed by atoms with Crippen LogP contribution in [0.3, 0.4) is 0 Å². The van der Waals surface area contributed by atoms with Gasteiger partial charge >= 0.3 is 0 Å². The van der Waals surface area contributed by atoms with Crippen LogP contribution >= 0.6 is 0 Å². The third kappa shape index (κ3) is 5.67. The van der Waals surface area contributed by atoms with E-state index in [1.165, 1.54) is 24.0 Å². The van der Waals surface area contributed by atoms with Crippen LogP contribution < -0.4 is 0 Å². The number of fused-ring (bicyclic) bond motifs is 1. The molecule has 0 bridgehead atoms. The molecule has 4 aromatic rings. The van der Waals surface area contributed by atoms with Crippen molar-refractivity contribution in [2.24, 2.45) is 0 Å². The first-order valence-electron chi connectivity index (χ1n) is 13.6. The van der Waals surface area contributed by atoms with Crippen LogP contribution in [0.5, 0.6) is 0 Å². The van der Waals surface area contributed by atoms with Crippen molar-refractivity contribution in [2.75, 3.05) is 26.4 Å². The van der Waals surface area contributed by atoms with Crippen molar-refractivity contribution in [3.63, 3.8) is 0 Å². The third-order valence-corrected chi connectivity index (χ3v) is 9.10. The number of nitrogens with zero attached hydrogens (tertiary/aromatic N) is 4. The molecule has 7 nitrogen and oxygen atoms in total. The zero-order chi connectivity index (χ0) is 28.6. The minimum absolute atomic E-state index is 0.0231. The van der Waals surface area contributed by atoms with Crippen LogP contribution in [0.4, 0.5) is 4.39 Å².